The smallest absolute Gasteiger partial charge is 0.254 e. The van der Waals surface area contributed by atoms with Gasteiger partial charge >= 0.3 is 0 Å². The lowest BCUT2D eigenvalue weighted by Gasteiger charge is -2.27. The van der Waals surface area contributed by atoms with Gasteiger partial charge in [-0.15, -0.1) is 0 Å². The first-order chi connectivity index (χ1) is 15.6. The van der Waals surface area contributed by atoms with Crippen LogP contribution in [0.4, 0.5) is 4.39 Å². The summed E-state index contributed by atoms with van der Waals surface area (Å²) in [5.41, 5.74) is 1.17. The molecule has 0 spiro atoms. The third-order valence-corrected chi connectivity index (χ3v) is 4.96. The van der Waals surface area contributed by atoms with Crippen LogP contribution in [0.1, 0.15) is 28.1 Å². The molecule has 0 fully saturated rings. The molecule has 6 nitrogen and oxygen atoms in total. The first kappa shape index (κ1) is 23.2. The van der Waals surface area contributed by atoms with Gasteiger partial charge < -0.3 is 19.0 Å². The normalized spacial score (nSPS) is 10.7. The summed E-state index contributed by atoms with van der Waals surface area (Å²) in [6.45, 7) is 1.28. The monoisotopic (exact) mass is 438 g/mol. The number of halogens is 1. The van der Waals surface area contributed by atoms with Crippen LogP contribution in [0.25, 0.3) is 0 Å². The summed E-state index contributed by atoms with van der Waals surface area (Å²) in [5.74, 6) is -0.474. The van der Waals surface area contributed by atoms with E-state index in [2.05, 4.69) is 0 Å². The standard InChI is InChI=1S/C25H27FN2O4/c1-31-14-7-13-27(25(30)21-10-5-11-22(26)16-21)19-24(29)28(18-23-12-6-15-32-23)17-20-8-3-2-4-9-20/h2-6,8-12,15-16H,7,13-14,17-19H2,1H3. The van der Waals surface area contributed by atoms with Crippen LogP contribution in [0.3, 0.4) is 0 Å². The SMILES string of the molecule is COCCCN(CC(=O)N(Cc1ccccc1)Cc1ccco1)C(=O)c1cccc(F)c1. The molecule has 2 amide bonds. The largest absolute Gasteiger partial charge is 0.467 e. The average molecular weight is 438 g/mol. The summed E-state index contributed by atoms with van der Waals surface area (Å²) in [6, 6.07) is 18.7. The van der Waals surface area contributed by atoms with Gasteiger partial charge in [-0.1, -0.05) is 36.4 Å². The first-order valence-corrected chi connectivity index (χ1v) is 10.4. The number of benzene rings is 2. The first-order valence-electron chi connectivity index (χ1n) is 10.4. The van der Waals surface area contributed by atoms with Gasteiger partial charge in [0.1, 0.15) is 18.1 Å². The molecule has 0 aliphatic heterocycles. The lowest BCUT2D eigenvalue weighted by atomic mass is 10.1. The molecule has 1 heterocycles. The molecule has 0 aliphatic carbocycles. The molecular formula is C25H27FN2O4. The molecule has 0 saturated heterocycles. The van der Waals surface area contributed by atoms with Crippen LogP contribution >= 0.6 is 0 Å². The lowest BCUT2D eigenvalue weighted by molar-refractivity contribution is -0.133. The van der Waals surface area contributed by atoms with Crippen LogP contribution in [0.2, 0.25) is 0 Å². The minimum atomic E-state index is -0.498. The van der Waals surface area contributed by atoms with Gasteiger partial charge in [0.25, 0.3) is 5.91 Å². The number of amides is 2. The van der Waals surface area contributed by atoms with Gasteiger partial charge in [-0.05, 0) is 42.3 Å². The van der Waals surface area contributed by atoms with E-state index in [9.17, 15) is 14.0 Å². The van der Waals surface area contributed by atoms with E-state index in [1.165, 1.54) is 23.1 Å². The van der Waals surface area contributed by atoms with E-state index in [4.69, 9.17) is 9.15 Å². The van der Waals surface area contributed by atoms with Crippen LogP contribution in [-0.4, -0.2) is 48.4 Å². The molecule has 7 heteroatoms. The molecule has 1 aromatic heterocycles. The molecule has 3 aromatic rings. The fourth-order valence-electron chi connectivity index (χ4n) is 3.35. The molecule has 0 aliphatic rings. The quantitative estimate of drug-likeness (QED) is 0.423. The van der Waals surface area contributed by atoms with Crippen LogP contribution in [0, 0.1) is 5.82 Å². The second kappa shape index (κ2) is 11.8. The highest BCUT2D eigenvalue weighted by Crippen LogP contribution is 2.14. The zero-order valence-electron chi connectivity index (χ0n) is 18.1. The second-order valence-corrected chi connectivity index (χ2v) is 7.40. The highest BCUT2D eigenvalue weighted by atomic mass is 19.1. The van der Waals surface area contributed by atoms with Crippen molar-refractivity contribution in [3.8, 4) is 0 Å². The highest BCUT2D eigenvalue weighted by molar-refractivity contribution is 5.96. The van der Waals surface area contributed by atoms with Crippen molar-refractivity contribution in [2.24, 2.45) is 0 Å². The lowest BCUT2D eigenvalue weighted by Crippen LogP contribution is -2.43. The van der Waals surface area contributed by atoms with Crippen molar-refractivity contribution >= 4 is 11.8 Å². The summed E-state index contributed by atoms with van der Waals surface area (Å²) >= 11 is 0. The molecule has 0 unspecified atom stereocenters. The Hall–Kier alpha value is -3.45. The minimum Gasteiger partial charge on any atom is -0.467 e. The van der Waals surface area contributed by atoms with E-state index in [0.29, 0.717) is 31.9 Å². The van der Waals surface area contributed by atoms with E-state index in [1.807, 2.05) is 30.3 Å². The summed E-state index contributed by atoms with van der Waals surface area (Å²) in [4.78, 5) is 29.4. The number of hydrogen-bond acceptors (Lipinski definition) is 4. The van der Waals surface area contributed by atoms with Crippen molar-refractivity contribution in [2.75, 3.05) is 26.8 Å². The van der Waals surface area contributed by atoms with E-state index in [-0.39, 0.29) is 24.6 Å². The maximum absolute atomic E-state index is 13.7. The van der Waals surface area contributed by atoms with Crippen LogP contribution in [-0.2, 0) is 22.6 Å². The van der Waals surface area contributed by atoms with E-state index in [0.717, 1.165) is 5.56 Å². The Morgan fingerprint density at radius 2 is 1.78 bits per heavy atom. The Kier molecular flexibility index (Phi) is 8.57. The molecule has 3 rings (SSSR count). The van der Waals surface area contributed by atoms with E-state index < -0.39 is 11.7 Å². The second-order valence-electron chi connectivity index (χ2n) is 7.40. The zero-order chi connectivity index (χ0) is 22.8. The van der Waals surface area contributed by atoms with Gasteiger partial charge in [0.2, 0.25) is 5.91 Å². The third kappa shape index (κ3) is 6.78. The number of carbonyl (C=O) groups excluding carboxylic acids is 2. The Morgan fingerprint density at radius 1 is 0.969 bits per heavy atom. The van der Waals surface area contributed by atoms with E-state index >= 15 is 0 Å². The minimum absolute atomic E-state index is 0.132. The number of nitrogens with zero attached hydrogens (tertiary/aromatic N) is 2. The van der Waals surface area contributed by atoms with Gasteiger partial charge in [0.15, 0.2) is 0 Å². The van der Waals surface area contributed by atoms with Gasteiger partial charge in [-0.2, -0.15) is 0 Å². The number of methoxy groups -OCH3 is 1. The molecule has 0 radical (unpaired) electrons. The Labute approximate surface area is 187 Å². The predicted octanol–water partition coefficient (Wildman–Crippen LogP) is 4.13. The van der Waals surface area contributed by atoms with Crippen molar-refractivity contribution in [1.82, 2.24) is 9.80 Å². The van der Waals surface area contributed by atoms with Crippen molar-refractivity contribution in [2.45, 2.75) is 19.5 Å². The third-order valence-electron chi connectivity index (χ3n) is 4.96. The topological polar surface area (TPSA) is 63.0 Å². The zero-order valence-corrected chi connectivity index (χ0v) is 18.1. The Balaban J connectivity index is 1.78. The fourth-order valence-corrected chi connectivity index (χ4v) is 3.35. The highest BCUT2D eigenvalue weighted by Gasteiger charge is 2.23. The van der Waals surface area contributed by atoms with Gasteiger partial charge in [0.05, 0.1) is 12.8 Å². The average Bonchev–Trinajstić information content (AvgIpc) is 3.31. The molecule has 168 valence electrons. The summed E-state index contributed by atoms with van der Waals surface area (Å²) in [5, 5.41) is 0. The van der Waals surface area contributed by atoms with Crippen molar-refractivity contribution < 1.29 is 23.1 Å². The molecular weight excluding hydrogens is 411 g/mol. The number of hydrogen-bond donors (Lipinski definition) is 0. The predicted molar refractivity (Wildman–Crippen MR) is 118 cm³/mol. The molecule has 0 bridgehead atoms. The maximum Gasteiger partial charge on any atom is 0.254 e. The van der Waals surface area contributed by atoms with Gasteiger partial charge in [-0.3, -0.25) is 9.59 Å². The Morgan fingerprint density at radius 3 is 2.47 bits per heavy atom. The van der Waals surface area contributed by atoms with Crippen molar-refractivity contribution in [1.29, 1.82) is 0 Å². The fraction of sp³-hybridized carbons (Fsp3) is 0.280. The molecule has 32 heavy (non-hydrogen) atoms. The summed E-state index contributed by atoms with van der Waals surface area (Å²) < 4.78 is 24.2. The van der Waals surface area contributed by atoms with E-state index in [1.54, 1.807) is 36.5 Å². The van der Waals surface area contributed by atoms with Gasteiger partial charge in [-0.25, -0.2) is 4.39 Å². The van der Waals surface area contributed by atoms with Crippen LogP contribution in [0.5, 0.6) is 0 Å². The number of rotatable bonds is 11. The van der Waals surface area contributed by atoms with Crippen LogP contribution in [0.15, 0.2) is 77.4 Å². The molecule has 0 atom stereocenters. The molecule has 0 saturated carbocycles. The van der Waals surface area contributed by atoms with Crippen molar-refractivity contribution in [3.05, 3.63) is 95.7 Å². The molecule has 2 aromatic carbocycles. The Bertz CT molecular complexity index is 992. The maximum atomic E-state index is 13.7. The van der Waals surface area contributed by atoms with Gasteiger partial charge in [0, 0.05) is 32.4 Å². The number of furan rings is 1. The molecule has 0 N–H and O–H groups in total. The summed E-state index contributed by atoms with van der Waals surface area (Å²) in [7, 11) is 1.58. The van der Waals surface area contributed by atoms with Crippen molar-refractivity contribution in [3.63, 3.8) is 0 Å². The van der Waals surface area contributed by atoms with Crippen LogP contribution < -0.4 is 0 Å². The number of carbonyl (C=O) groups is 2. The summed E-state index contributed by atoms with van der Waals surface area (Å²) in [6.07, 6.45) is 2.12. The number of ether oxygens (including phenoxy) is 1.